The molecule has 1 fully saturated rings. The summed E-state index contributed by atoms with van der Waals surface area (Å²) in [5.41, 5.74) is 0.286. The summed E-state index contributed by atoms with van der Waals surface area (Å²) in [4.78, 5) is 10.0. The summed E-state index contributed by atoms with van der Waals surface area (Å²) < 4.78 is 13.2. The van der Waals surface area contributed by atoms with Crippen molar-refractivity contribution in [3.8, 4) is 0 Å². The van der Waals surface area contributed by atoms with Crippen molar-refractivity contribution >= 4 is 11.4 Å². The Morgan fingerprint density at radius 3 is 2.67 bits per heavy atom. The maximum Gasteiger partial charge on any atom is 0.274 e. The van der Waals surface area contributed by atoms with E-state index in [-0.39, 0.29) is 5.69 Å². The number of anilines is 1. The van der Waals surface area contributed by atoms with Crippen molar-refractivity contribution in [1.29, 1.82) is 0 Å². The second-order valence-corrected chi connectivity index (χ2v) is 4.84. The fourth-order valence-corrected chi connectivity index (χ4v) is 2.44. The monoisotopic (exact) mass is 252 g/mol. The Bertz CT molecular complexity index is 431. The Labute approximate surface area is 105 Å². The zero-order valence-electron chi connectivity index (χ0n) is 10.2. The predicted molar refractivity (Wildman–Crippen MR) is 68.1 cm³/mol. The van der Waals surface area contributed by atoms with E-state index in [4.69, 9.17) is 0 Å². The van der Waals surface area contributed by atoms with Gasteiger partial charge < -0.3 is 5.32 Å². The van der Waals surface area contributed by atoms with E-state index >= 15 is 0 Å². The molecule has 4 nitrogen and oxygen atoms in total. The second-order valence-electron chi connectivity index (χ2n) is 4.84. The number of hydrogen-bond donors (Lipinski definition) is 1. The van der Waals surface area contributed by atoms with Crippen LogP contribution in [-0.2, 0) is 0 Å². The average Bonchev–Trinajstić information content (AvgIpc) is 2.37. The molecule has 5 heteroatoms. The number of rotatable bonds is 4. The Morgan fingerprint density at radius 1 is 1.28 bits per heavy atom. The maximum atomic E-state index is 13.2. The number of non-ortho nitro benzene ring substituents is 1. The van der Waals surface area contributed by atoms with Crippen LogP contribution in [0.25, 0.3) is 0 Å². The van der Waals surface area contributed by atoms with E-state index < -0.39 is 10.7 Å². The van der Waals surface area contributed by atoms with Crippen LogP contribution in [0.15, 0.2) is 18.2 Å². The Hall–Kier alpha value is -1.65. The van der Waals surface area contributed by atoms with Crippen molar-refractivity contribution in [1.82, 2.24) is 0 Å². The second kappa shape index (κ2) is 5.80. The summed E-state index contributed by atoms with van der Waals surface area (Å²) in [6, 6.07) is 3.62. The minimum Gasteiger partial charge on any atom is -0.384 e. The van der Waals surface area contributed by atoms with Crippen LogP contribution in [0.5, 0.6) is 0 Å². The summed E-state index contributed by atoms with van der Waals surface area (Å²) in [6.45, 7) is 0.764. The number of nitrogens with zero attached hydrogens (tertiary/aromatic N) is 1. The summed E-state index contributed by atoms with van der Waals surface area (Å²) in [5, 5.41) is 13.7. The van der Waals surface area contributed by atoms with Crippen molar-refractivity contribution in [3.63, 3.8) is 0 Å². The van der Waals surface area contributed by atoms with Gasteiger partial charge in [0.05, 0.1) is 11.0 Å². The molecule has 1 aliphatic carbocycles. The molecule has 98 valence electrons. The first-order chi connectivity index (χ1) is 8.65. The third-order valence-electron chi connectivity index (χ3n) is 3.41. The smallest absolute Gasteiger partial charge is 0.274 e. The van der Waals surface area contributed by atoms with Crippen LogP contribution < -0.4 is 5.32 Å². The van der Waals surface area contributed by atoms with Crippen LogP contribution in [0, 0.1) is 21.8 Å². The van der Waals surface area contributed by atoms with E-state index in [0.717, 1.165) is 12.6 Å². The maximum absolute atomic E-state index is 13.2. The van der Waals surface area contributed by atoms with Gasteiger partial charge in [-0.15, -0.1) is 0 Å². The molecule has 0 atom stereocenters. The van der Waals surface area contributed by atoms with Crippen LogP contribution >= 0.6 is 0 Å². The minimum absolute atomic E-state index is 0.207. The molecule has 0 aliphatic heterocycles. The van der Waals surface area contributed by atoms with Crippen LogP contribution in [0.3, 0.4) is 0 Å². The molecule has 0 saturated heterocycles. The Balaban J connectivity index is 1.97. The molecular weight excluding hydrogens is 235 g/mol. The van der Waals surface area contributed by atoms with E-state index in [1.165, 1.54) is 44.2 Å². The zero-order valence-corrected chi connectivity index (χ0v) is 10.2. The molecule has 0 radical (unpaired) electrons. The van der Waals surface area contributed by atoms with Crippen molar-refractivity contribution in [2.45, 2.75) is 32.1 Å². The highest BCUT2D eigenvalue weighted by molar-refractivity contribution is 5.51. The highest BCUT2D eigenvalue weighted by Crippen LogP contribution is 2.25. The van der Waals surface area contributed by atoms with E-state index in [9.17, 15) is 14.5 Å². The number of halogens is 1. The molecule has 1 aromatic rings. The summed E-state index contributed by atoms with van der Waals surface area (Å²) >= 11 is 0. The Morgan fingerprint density at radius 2 is 2.00 bits per heavy atom. The molecule has 0 unspecified atom stereocenters. The largest absolute Gasteiger partial charge is 0.384 e. The highest BCUT2D eigenvalue weighted by atomic mass is 19.1. The SMILES string of the molecule is O=[N+]([O-])c1cc(F)cc(NCC2CCCCC2)c1. The lowest BCUT2D eigenvalue weighted by Gasteiger charge is -2.22. The first-order valence-corrected chi connectivity index (χ1v) is 6.34. The topological polar surface area (TPSA) is 55.2 Å². The van der Waals surface area contributed by atoms with Gasteiger partial charge in [0.1, 0.15) is 5.82 Å². The first-order valence-electron chi connectivity index (χ1n) is 6.34. The molecule has 0 amide bonds. The van der Waals surface area contributed by atoms with Gasteiger partial charge in [0, 0.05) is 18.3 Å². The van der Waals surface area contributed by atoms with Gasteiger partial charge in [-0.25, -0.2) is 4.39 Å². The number of benzene rings is 1. The van der Waals surface area contributed by atoms with Crippen molar-refractivity contribution < 1.29 is 9.31 Å². The van der Waals surface area contributed by atoms with Crippen LogP contribution in [0.2, 0.25) is 0 Å². The number of hydrogen-bond acceptors (Lipinski definition) is 3. The van der Waals surface area contributed by atoms with E-state index in [1.54, 1.807) is 0 Å². The quantitative estimate of drug-likeness (QED) is 0.656. The van der Waals surface area contributed by atoms with Crippen LogP contribution in [-0.4, -0.2) is 11.5 Å². The van der Waals surface area contributed by atoms with Gasteiger partial charge in [0.15, 0.2) is 0 Å². The van der Waals surface area contributed by atoms with E-state index in [2.05, 4.69) is 5.32 Å². The zero-order chi connectivity index (χ0) is 13.0. The average molecular weight is 252 g/mol. The summed E-state index contributed by atoms with van der Waals surface area (Å²) in [7, 11) is 0. The third kappa shape index (κ3) is 3.42. The number of nitro benzene ring substituents is 1. The van der Waals surface area contributed by atoms with Gasteiger partial charge in [-0.3, -0.25) is 10.1 Å². The van der Waals surface area contributed by atoms with Crippen LogP contribution in [0.4, 0.5) is 15.8 Å². The summed E-state index contributed by atoms with van der Waals surface area (Å²) in [6.07, 6.45) is 6.15. The standard InChI is InChI=1S/C13H17FN2O2/c14-11-6-12(8-13(7-11)16(17)18)15-9-10-4-2-1-3-5-10/h6-8,10,15H,1-5,9H2. The normalized spacial score (nSPS) is 16.5. The molecule has 0 bridgehead atoms. The van der Waals surface area contributed by atoms with Crippen LogP contribution in [0.1, 0.15) is 32.1 Å². The van der Waals surface area contributed by atoms with Gasteiger partial charge in [0.2, 0.25) is 0 Å². The van der Waals surface area contributed by atoms with Crippen molar-refractivity contribution in [3.05, 3.63) is 34.1 Å². The number of nitrogens with one attached hydrogen (secondary N) is 1. The van der Waals surface area contributed by atoms with Gasteiger partial charge in [0.25, 0.3) is 5.69 Å². The van der Waals surface area contributed by atoms with Crippen molar-refractivity contribution in [2.24, 2.45) is 5.92 Å². The van der Waals surface area contributed by atoms with E-state index in [1.807, 2.05) is 0 Å². The lowest BCUT2D eigenvalue weighted by molar-refractivity contribution is -0.385. The number of nitro groups is 1. The minimum atomic E-state index is -0.575. The third-order valence-corrected chi connectivity index (χ3v) is 3.41. The van der Waals surface area contributed by atoms with Gasteiger partial charge >= 0.3 is 0 Å². The van der Waals surface area contributed by atoms with Gasteiger partial charge in [-0.1, -0.05) is 19.3 Å². The predicted octanol–water partition coefficient (Wildman–Crippen LogP) is 3.73. The Kier molecular flexibility index (Phi) is 4.12. The van der Waals surface area contributed by atoms with Gasteiger partial charge in [-0.2, -0.15) is 0 Å². The summed E-state index contributed by atoms with van der Waals surface area (Å²) in [5.74, 6) is 0.0245. The molecule has 18 heavy (non-hydrogen) atoms. The molecular formula is C13H17FN2O2. The molecule has 1 aromatic carbocycles. The molecule has 0 aromatic heterocycles. The fourth-order valence-electron chi connectivity index (χ4n) is 2.44. The molecule has 1 N–H and O–H groups in total. The molecule has 0 heterocycles. The molecule has 0 spiro atoms. The van der Waals surface area contributed by atoms with Crippen molar-refractivity contribution in [2.75, 3.05) is 11.9 Å². The first kappa shape index (κ1) is 12.8. The highest BCUT2D eigenvalue weighted by Gasteiger charge is 2.14. The van der Waals surface area contributed by atoms with Gasteiger partial charge in [-0.05, 0) is 24.8 Å². The fraction of sp³-hybridized carbons (Fsp3) is 0.538. The molecule has 1 saturated carbocycles. The molecule has 1 aliphatic rings. The van der Waals surface area contributed by atoms with E-state index in [0.29, 0.717) is 11.6 Å². The lowest BCUT2D eigenvalue weighted by Crippen LogP contribution is -2.17. The molecule has 2 rings (SSSR count). The lowest BCUT2D eigenvalue weighted by atomic mass is 9.89.